The number of guanidine groups is 1. The van der Waals surface area contributed by atoms with Gasteiger partial charge in [-0.3, -0.25) is 0 Å². The molecule has 2 rings (SSSR count). The molecule has 0 spiro atoms. The van der Waals surface area contributed by atoms with E-state index in [1.807, 2.05) is 12.1 Å². The normalized spacial score (nSPS) is 16.5. The summed E-state index contributed by atoms with van der Waals surface area (Å²) < 4.78 is 11.2. The van der Waals surface area contributed by atoms with Crippen molar-refractivity contribution in [2.24, 2.45) is 10.7 Å². The average molecular weight is 419 g/mol. The molecular formula is C16H26IN3O2. The van der Waals surface area contributed by atoms with Gasteiger partial charge in [-0.1, -0.05) is 13.3 Å². The summed E-state index contributed by atoms with van der Waals surface area (Å²) in [6, 6.07) is 4.06. The number of unbranched alkanes of at least 4 members (excludes halogenated alkanes) is 1. The van der Waals surface area contributed by atoms with E-state index in [0.29, 0.717) is 12.5 Å². The highest BCUT2D eigenvalue weighted by molar-refractivity contribution is 14.0. The van der Waals surface area contributed by atoms with E-state index in [0.717, 1.165) is 42.9 Å². The van der Waals surface area contributed by atoms with Crippen molar-refractivity contribution in [1.29, 1.82) is 0 Å². The summed E-state index contributed by atoms with van der Waals surface area (Å²) in [5.74, 6) is 2.25. The molecule has 22 heavy (non-hydrogen) atoms. The monoisotopic (exact) mass is 419 g/mol. The molecule has 1 aromatic rings. The van der Waals surface area contributed by atoms with Crippen LogP contribution in [0.4, 0.5) is 0 Å². The Bertz CT molecular complexity index is 520. The first-order chi connectivity index (χ1) is 10.1. The zero-order valence-electron chi connectivity index (χ0n) is 13.5. The van der Waals surface area contributed by atoms with Crippen LogP contribution < -0.4 is 20.5 Å². The second-order valence-electron chi connectivity index (χ2n) is 5.39. The van der Waals surface area contributed by atoms with Crippen LogP contribution in [-0.4, -0.2) is 25.7 Å². The van der Waals surface area contributed by atoms with Gasteiger partial charge in [0, 0.05) is 24.1 Å². The Morgan fingerprint density at radius 2 is 2.27 bits per heavy atom. The second-order valence-corrected chi connectivity index (χ2v) is 5.39. The summed E-state index contributed by atoms with van der Waals surface area (Å²) >= 11 is 0. The smallest absolute Gasteiger partial charge is 0.188 e. The lowest BCUT2D eigenvalue weighted by molar-refractivity contribution is 0.254. The average Bonchev–Trinajstić information content (AvgIpc) is 2.83. The molecular weight excluding hydrogens is 393 g/mol. The van der Waals surface area contributed by atoms with Crippen molar-refractivity contribution in [3.8, 4) is 11.5 Å². The number of nitrogens with one attached hydrogen (secondary N) is 1. The summed E-state index contributed by atoms with van der Waals surface area (Å²) in [6.45, 7) is 5.55. The number of hydrogen-bond donors (Lipinski definition) is 2. The van der Waals surface area contributed by atoms with Crippen molar-refractivity contribution in [2.45, 2.75) is 45.8 Å². The summed E-state index contributed by atoms with van der Waals surface area (Å²) in [5.41, 5.74) is 8.04. The van der Waals surface area contributed by atoms with Gasteiger partial charge in [-0.15, -0.1) is 24.0 Å². The number of hydrogen-bond acceptors (Lipinski definition) is 3. The lowest BCUT2D eigenvalue weighted by Crippen LogP contribution is -2.32. The predicted octanol–water partition coefficient (Wildman–Crippen LogP) is 2.84. The number of nitrogens with two attached hydrogens (primary N) is 1. The van der Waals surface area contributed by atoms with Gasteiger partial charge >= 0.3 is 0 Å². The Kier molecular flexibility index (Phi) is 7.78. The molecule has 0 fully saturated rings. The molecule has 0 saturated heterocycles. The predicted molar refractivity (Wildman–Crippen MR) is 100 cm³/mol. The number of fused-ring (bicyclic) bond motifs is 1. The lowest BCUT2D eigenvalue weighted by atomic mass is 10.1. The SMILES string of the molecule is CCCCNC(N)=NCc1cc2c(cc1OC)CC(C)O2.I. The molecule has 1 atom stereocenters. The van der Waals surface area contributed by atoms with E-state index < -0.39 is 0 Å². The zero-order chi connectivity index (χ0) is 15.2. The van der Waals surface area contributed by atoms with Crippen molar-refractivity contribution in [2.75, 3.05) is 13.7 Å². The number of rotatable bonds is 6. The van der Waals surface area contributed by atoms with Crippen LogP contribution in [0.1, 0.15) is 37.8 Å². The molecule has 1 heterocycles. The highest BCUT2D eigenvalue weighted by atomic mass is 127. The number of ether oxygens (including phenoxy) is 2. The van der Waals surface area contributed by atoms with Crippen molar-refractivity contribution >= 4 is 29.9 Å². The van der Waals surface area contributed by atoms with Gasteiger partial charge in [-0.25, -0.2) is 4.99 Å². The molecule has 1 aromatic carbocycles. The van der Waals surface area contributed by atoms with Crippen molar-refractivity contribution in [3.05, 3.63) is 23.3 Å². The number of halogens is 1. The first-order valence-corrected chi connectivity index (χ1v) is 7.54. The van der Waals surface area contributed by atoms with Crippen LogP contribution in [0.2, 0.25) is 0 Å². The van der Waals surface area contributed by atoms with E-state index in [-0.39, 0.29) is 30.1 Å². The molecule has 0 aromatic heterocycles. The van der Waals surface area contributed by atoms with Crippen LogP contribution in [-0.2, 0) is 13.0 Å². The molecule has 0 radical (unpaired) electrons. The fraction of sp³-hybridized carbons (Fsp3) is 0.562. The highest BCUT2D eigenvalue weighted by Crippen LogP contribution is 2.35. The van der Waals surface area contributed by atoms with E-state index >= 15 is 0 Å². The minimum Gasteiger partial charge on any atom is -0.496 e. The molecule has 0 bridgehead atoms. The minimum absolute atomic E-state index is 0. The van der Waals surface area contributed by atoms with E-state index in [1.165, 1.54) is 5.56 Å². The van der Waals surface area contributed by atoms with Gasteiger partial charge < -0.3 is 20.5 Å². The third kappa shape index (κ3) is 4.93. The standard InChI is InChI=1S/C16H25N3O2.HI/c1-4-5-6-18-16(17)19-10-13-9-15-12(7-11(2)21-15)8-14(13)20-3;/h8-9,11H,4-7,10H2,1-3H3,(H3,17,18,19);1H. The maximum absolute atomic E-state index is 5.86. The molecule has 0 amide bonds. The van der Waals surface area contributed by atoms with Crippen LogP contribution in [0.5, 0.6) is 11.5 Å². The van der Waals surface area contributed by atoms with Crippen molar-refractivity contribution in [1.82, 2.24) is 5.32 Å². The van der Waals surface area contributed by atoms with E-state index in [9.17, 15) is 0 Å². The maximum atomic E-state index is 5.86. The van der Waals surface area contributed by atoms with Gasteiger partial charge in [-0.2, -0.15) is 0 Å². The van der Waals surface area contributed by atoms with E-state index in [2.05, 4.69) is 24.2 Å². The summed E-state index contributed by atoms with van der Waals surface area (Å²) in [6.07, 6.45) is 3.37. The number of methoxy groups -OCH3 is 1. The van der Waals surface area contributed by atoms with Crippen LogP contribution in [0.15, 0.2) is 17.1 Å². The van der Waals surface area contributed by atoms with Gasteiger partial charge in [-0.05, 0) is 25.5 Å². The molecule has 3 N–H and O–H groups in total. The Hall–Kier alpha value is -1.18. The molecule has 1 unspecified atom stereocenters. The Balaban J connectivity index is 0.00000242. The largest absolute Gasteiger partial charge is 0.496 e. The van der Waals surface area contributed by atoms with Crippen LogP contribution in [0.25, 0.3) is 0 Å². The fourth-order valence-electron chi connectivity index (χ4n) is 2.41. The first kappa shape index (κ1) is 18.9. The quantitative estimate of drug-likeness (QED) is 0.322. The minimum atomic E-state index is 0. The third-order valence-corrected chi connectivity index (χ3v) is 3.56. The van der Waals surface area contributed by atoms with E-state index in [1.54, 1.807) is 7.11 Å². The first-order valence-electron chi connectivity index (χ1n) is 7.54. The van der Waals surface area contributed by atoms with Gasteiger partial charge in [0.15, 0.2) is 5.96 Å². The summed E-state index contributed by atoms with van der Waals surface area (Å²) in [4.78, 5) is 4.37. The van der Waals surface area contributed by atoms with Gasteiger partial charge in [0.25, 0.3) is 0 Å². The van der Waals surface area contributed by atoms with Crippen molar-refractivity contribution < 1.29 is 9.47 Å². The molecule has 1 aliphatic heterocycles. The molecule has 0 saturated carbocycles. The van der Waals surface area contributed by atoms with Gasteiger partial charge in [0.2, 0.25) is 0 Å². The fourth-order valence-corrected chi connectivity index (χ4v) is 2.41. The molecule has 1 aliphatic rings. The lowest BCUT2D eigenvalue weighted by Gasteiger charge is -2.10. The molecule has 0 aliphatic carbocycles. The maximum Gasteiger partial charge on any atom is 0.188 e. The third-order valence-electron chi connectivity index (χ3n) is 3.56. The Labute approximate surface area is 149 Å². The Morgan fingerprint density at radius 1 is 1.50 bits per heavy atom. The van der Waals surface area contributed by atoms with Crippen LogP contribution >= 0.6 is 24.0 Å². The zero-order valence-corrected chi connectivity index (χ0v) is 15.8. The second kappa shape index (κ2) is 9.07. The van der Waals surface area contributed by atoms with Gasteiger partial charge in [0.05, 0.1) is 13.7 Å². The topological polar surface area (TPSA) is 68.9 Å². The number of nitrogens with zero attached hydrogens (tertiary/aromatic N) is 1. The summed E-state index contributed by atoms with van der Waals surface area (Å²) in [7, 11) is 1.68. The summed E-state index contributed by atoms with van der Waals surface area (Å²) in [5, 5.41) is 3.11. The number of benzene rings is 1. The van der Waals surface area contributed by atoms with Gasteiger partial charge in [0.1, 0.15) is 17.6 Å². The molecule has 124 valence electrons. The van der Waals surface area contributed by atoms with Crippen LogP contribution in [0.3, 0.4) is 0 Å². The highest BCUT2D eigenvalue weighted by Gasteiger charge is 2.21. The Morgan fingerprint density at radius 3 is 2.95 bits per heavy atom. The number of aliphatic imine (C=N–C) groups is 1. The van der Waals surface area contributed by atoms with Crippen molar-refractivity contribution in [3.63, 3.8) is 0 Å². The van der Waals surface area contributed by atoms with E-state index in [4.69, 9.17) is 15.2 Å². The molecule has 5 nitrogen and oxygen atoms in total. The molecule has 6 heteroatoms. The van der Waals surface area contributed by atoms with Crippen LogP contribution in [0, 0.1) is 0 Å².